The Hall–Kier alpha value is -4.81. The van der Waals surface area contributed by atoms with Gasteiger partial charge in [-0.2, -0.15) is 0 Å². The van der Waals surface area contributed by atoms with Crippen molar-refractivity contribution < 1.29 is 23.9 Å². The number of rotatable bonds is 6. The fourth-order valence-corrected chi connectivity index (χ4v) is 4.96. The highest BCUT2D eigenvalue weighted by Crippen LogP contribution is 2.44. The van der Waals surface area contributed by atoms with Crippen LogP contribution in [0.3, 0.4) is 0 Å². The van der Waals surface area contributed by atoms with Gasteiger partial charge in [-0.3, -0.25) is 4.79 Å². The van der Waals surface area contributed by atoms with Crippen LogP contribution in [0, 0.1) is 18.8 Å². The van der Waals surface area contributed by atoms with E-state index in [0.717, 1.165) is 11.3 Å². The lowest BCUT2D eigenvalue weighted by molar-refractivity contribution is -0.130. The second-order valence-electron chi connectivity index (χ2n) is 10.9. The molecule has 0 aliphatic carbocycles. The Labute approximate surface area is 237 Å². The lowest BCUT2D eigenvalue weighted by atomic mass is 9.74. The number of aryl methyl sites for hydroxylation is 1. The van der Waals surface area contributed by atoms with Crippen LogP contribution in [0.25, 0.3) is 10.8 Å². The van der Waals surface area contributed by atoms with E-state index >= 15 is 0 Å². The zero-order chi connectivity index (χ0) is 29.4. The van der Waals surface area contributed by atoms with E-state index in [1.54, 1.807) is 25.1 Å². The molecule has 1 aromatic heterocycles. The van der Waals surface area contributed by atoms with E-state index in [1.165, 1.54) is 0 Å². The van der Waals surface area contributed by atoms with Crippen LogP contribution in [0.1, 0.15) is 37.1 Å². The molecule has 210 valence electrons. The first-order chi connectivity index (χ1) is 19.5. The van der Waals surface area contributed by atoms with Gasteiger partial charge >= 0.3 is 5.63 Å². The molecular formula is C32H31N3O6. The van der Waals surface area contributed by atoms with Gasteiger partial charge in [-0.15, -0.1) is 0 Å². The molecule has 9 nitrogen and oxygen atoms in total. The smallest absolute Gasteiger partial charge is 0.366 e. The van der Waals surface area contributed by atoms with Crippen LogP contribution in [0.5, 0.6) is 11.5 Å². The summed E-state index contributed by atoms with van der Waals surface area (Å²) in [6.45, 7) is 5.64. The number of nitrogens with one attached hydrogen (secondary N) is 1. The number of ether oxygens (including phenoxy) is 2. The first-order valence-corrected chi connectivity index (χ1v) is 13.1. The second-order valence-corrected chi connectivity index (χ2v) is 10.9. The van der Waals surface area contributed by atoms with Crippen LogP contribution < -0.4 is 25.3 Å². The van der Waals surface area contributed by atoms with E-state index in [-0.39, 0.29) is 13.2 Å². The third-order valence-electron chi connectivity index (χ3n) is 7.13. The van der Waals surface area contributed by atoms with Gasteiger partial charge in [0.25, 0.3) is 5.91 Å². The SMILES string of the molecule is Cc1noc(=O)c2ccc(NC(=O)C(O)(C#Cc3cccc(N(C)C)c3)CC(C)(C)c3cccc4c3OCO4)cc12. The summed E-state index contributed by atoms with van der Waals surface area (Å²) < 4.78 is 16.1. The highest BCUT2D eigenvalue weighted by atomic mass is 16.7. The fourth-order valence-electron chi connectivity index (χ4n) is 4.96. The molecule has 41 heavy (non-hydrogen) atoms. The first kappa shape index (κ1) is 27.7. The molecule has 0 spiro atoms. The van der Waals surface area contributed by atoms with Crippen molar-refractivity contribution in [2.24, 2.45) is 0 Å². The molecule has 1 amide bonds. The number of amides is 1. The molecule has 0 bridgehead atoms. The number of anilines is 2. The monoisotopic (exact) mass is 553 g/mol. The fraction of sp³-hybridized carbons (Fsp3) is 0.281. The highest BCUT2D eigenvalue weighted by Gasteiger charge is 2.42. The minimum Gasteiger partial charge on any atom is -0.454 e. The van der Waals surface area contributed by atoms with E-state index in [4.69, 9.17) is 14.0 Å². The average molecular weight is 554 g/mol. The molecule has 9 heteroatoms. The lowest BCUT2D eigenvalue weighted by Gasteiger charge is -2.33. The van der Waals surface area contributed by atoms with Crippen molar-refractivity contribution in [2.75, 3.05) is 31.1 Å². The Morgan fingerprint density at radius 2 is 1.85 bits per heavy atom. The molecule has 0 fully saturated rings. The van der Waals surface area contributed by atoms with Gasteiger partial charge in [0, 0.05) is 48.4 Å². The van der Waals surface area contributed by atoms with Crippen LogP contribution in [0.2, 0.25) is 0 Å². The van der Waals surface area contributed by atoms with Gasteiger partial charge in [0.15, 0.2) is 11.5 Å². The Morgan fingerprint density at radius 3 is 2.63 bits per heavy atom. The van der Waals surface area contributed by atoms with Crippen molar-refractivity contribution in [3.63, 3.8) is 0 Å². The maximum absolute atomic E-state index is 13.8. The number of fused-ring (bicyclic) bond motifs is 2. The van der Waals surface area contributed by atoms with Crippen molar-refractivity contribution in [3.05, 3.63) is 87.9 Å². The zero-order valence-electron chi connectivity index (χ0n) is 23.6. The van der Waals surface area contributed by atoms with Crippen molar-refractivity contribution in [3.8, 4) is 23.3 Å². The van der Waals surface area contributed by atoms with Crippen LogP contribution in [0.4, 0.5) is 11.4 Å². The van der Waals surface area contributed by atoms with E-state index < -0.39 is 22.5 Å². The second kappa shape index (κ2) is 10.6. The van der Waals surface area contributed by atoms with Crippen LogP contribution in [0.15, 0.2) is 70.0 Å². The summed E-state index contributed by atoms with van der Waals surface area (Å²) in [7, 11) is 3.85. The zero-order valence-corrected chi connectivity index (χ0v) is 23.6. The number of aromatic nitrogens is 1. The molecule has 1 aliphatic rings. The number of benzene rings is 3. The van der Waals surface area contributed by atoms with Crippen molar-refractivity contribution in [1.82, 2.24) is 5.16 Å². The number of para-hydroxylation sites is 1. The van der Waals surface area contributed by atoms with Crippen LogP contribution in [-0.4, -0.2) is 42.7 Å². The van der Waals surface area contributed by atoms with Crippen molar-refractivity contribution in [1.29, 1.82) is 0 Å². The van der Waals surface area contributed by atoms with Crippen LogP contribution in [-0.2, 0) is 10.2 Å². The molecule has 5 rings (SSSR count). The summed E-state index contributed by atoms with van der Waals surface area (Å²) in [5, 5.41) is 19.4. The molecule has 0 saturated heterocycles. The number of aliphatic hydroxyl groups is 1. The molecular weight excluding hydrogens is 522 g/mol. The molecule has 1 unspecified atom stereocenters. The molecule has 4 aromatic rings. The summed E-state index contributed by atoms with van der Waals surface area (Å²) in [6.07, 6.45) is -0.0518. The molecule has 2 N–H and O–H groups in total. The maximum Gasteiger partial charge on any atom is 0.366 e. The number of carbonyl (C=O) groups is 1. The highest BCUT2D eigenvalue weighted by molar-refractivity contribution is 6.01. The summed E-state index contributed by atoms with van der Waals surface area (Å²) >= 11 is 0. The molecule has 0 radical (unpaired) electrons. The molecule has 0 saturated carbocycles. The topological polar surface area (TPSA) is 114 Å². The average Bonchev–Trinajstić information content (AvgIpc) is 3.43. The molecule has 1 aliphatic heterocycles. The maximum atomic E-state index is 13.8. The van der Waals surface area contributed by atoms with E-state index in [0.29, 0.717) is 39.2 Å². The lowest BCUT2D eigenvalue weighted by Crippen LogP contribution is -2.46. The minimum atomic E-state index is -2.11. The van der Waals surface area contributed by atoms with E-state index in [9.17, 15) is 14.7 Å². The standard InChI is InChI=1S/C32H31N3O6/c1-20-25-17-22(12-13-24(25)29(36)41-34-20)33-30(37)32(38,15-14-21-8-6-9-23(16-21)35(4)5)18-31(2,3)26-10-7-11-27-28(26)40-19-39-27/h6-13,16-17,38H,18-19H2,1-5H3,(H,33,37). The molecule has 1 atom stereocenters. The number of hydrogen-bond acceptors (Lipinski definition) is 8. The Kier molecular flexibility index (Phi) is 7.20. The third-order valence-corrected chi connectivity index (χ3v) is 7.13. The Morgan fingerprint density at radius 1 is 1.07 bits per heavy atom. The quantitative estimate of drug-likeness (QED) is 0.338. The van der Waals surface area contributed by atoms with E-state index in [2.05, 4.69) is 22.3 Å². The number of hydrogen-bond donors (Lipinski definition) is 2. The normalized spacial score (nSPS) is 13.7. The minimum absolute atomic E-state index is 0.0518. The van der Waals surface area contributed by atoms with Gasteiger partial charge in [0.05, 0.1) is 11.1 Å². The van der Waals surface area contributed by atoms with Gasteiger partial charge in [-0.1, -0.05) is 49.0 Å². The van der Waals surface area contributed by atoms with Gasteiger partial charge in [0.1, 0.15) is 0 Å². The predicted molar refractivity (Wildman–Crippen MR) is 156 cm³/mol. The van der Waals surface area contributed by atoms with Gasteiger partial charge in [0.2, 0.25) is 12.4 Å². The largest absolute Gasteiger partial charge is 0.454 e. The summed E-state index contributed by atoms with van der Waals surface area (Å²) in [6, 6.07) is 17.8. The van der Waals surface area contributed by atoms with Crippen molar-refractivity contribution in [2.45, 2.75) is 38.2 Å². The van der Waals surface area contributed by atoms with Crippen LogP contribution >= 0.6 is 0 Å². The number of carbonyl (C=O) groups excluding carboxylic acids is 1. The predicted octanol–water partition coefficient (Wildman–Crippen LogP) is 4.38. The summed E-state index contributed by atoms with van der Waals surface area (Å²) in [5.74, 6) is 6.38. The van der Waals surface area contributed by atoms with Crippen molar-refractivity contribution >= 4 is 28.1 Å². The van der Waals surface area contributed by atoms with Gasteiger partial charge in [-0.05, 0) is 54.8 Å². The molecule has 3 aromatic carbocycles. The third kappa shape index (κ3) is 5.60. The summed E-state index contributed by atoms with van der Waals surface area (Å²) in [5.41, 5.74) is -0.200. The van der Waals surface area contributed by atoms with Gasteiger partial charge < -0.3 is 29.3 Å². The molecule has 2 heterocycles. The van der Waals surface area contributed by atoms with E-state index in [1.807, 2.05) is 75.3 Å². The Balaban J connectivity index is 1.54. The summed E-state index contributed by atoms with van der Waals surface area (Å²) in [4.78, 5) is 27.9. The Bertz CT molecular complexity index is 1770. The number of nitrogens with zero attached hydrogens (tertiary/aromatic N) is 2. The first-order valence-electron chi connectivity index (χ1n) is 13.1. The van der Waals surface area contributed by atoms with Gasteiger partial charge in [-0.25, -0.2) is 4.79 Å².